The van der Waals surface area contributed by atoms with Crippen molar-refractivity contribution in [3.63, 3.8) is 0 Å². The smallest absolute Gasteiger partial charge is 0.240 e. The minimum absolute atomic E-state index is 0.117. The molecule has 1 unspecified atom stereocenters. The van der Waals surface area contributed by atoms with Crippen molar-refractivity contribution in [2.45, 2.75) is 71.4 Å². The van der Waals surface area contributed by atoms with E-state index in [0.717, 1.165) is 21.3 Å². The molecule has 8 atom stereocenters. The molecule has 3 N–H and O–H groups in total. The maximum absolute atomic E-state index is 13.7. The number of hydrogen-bond donors (Lipinski definition) is 3. The molecule has 1 amide bonds. The van der Waals surface area contributed by atoms with Crippen LogP contribution in [0.1, 0.15) is 46.1 Å². The van der Waals surface area contributed by atoms with E-state index in [1.165, 1.54) is 6.42 Å². The Hall–Kier alpha value is -0.940. The normalized spacial score (nSPS) is 36.2. The minimum atomic E-state index is -0.808. The number of hydrogen-bond acceptors (Lipinski definition) is 6. The van der Waals surface area contributed by atoms with Gasteiger partial charge in [-0.3, -0.25) is 9.63 Å². The Kier molecular flexibility index (Phi) is 7.32. The van der Waals surface area contributed by atoms with Crippen LogP contribution in [-0.2, 0) is 16.2 Å². The highest BCUT2D eigenvalue weighted by Crippen LogP contribution is 2.61. The first-order chi connectivity index (χ1) is 15.6. The molecule has 2 bridgehead atoms. The summed E-state index contributed by atoms with van der Waals surface area (Å²) in [7, 11) is 1.63. The predicted octanol–water partition coefficient (Wildman–Crippen LogP) is 2.96. The summed E-state index contributed by atoms with van der Waals surface area (Å²) in [5, 5.41) is 25.4. The molecular formula is C25H37IN2O5. The maximum Gasteiger partial charge on any atom is 0.240 e. The van der Waals surface area contributed by atoms with Crippen molar-refractivity contribution >= 4 is 28.5 Å². The highest BCUT2D eigenvalue weighted by Gasteiger charge is 2.57. The molecule has 3 saturated carbocycles. The molecule has 33 heavy (non-hydrogen) atoms. The fourth-order valence-electron chi connectivity index (χ4n) is 6.56. The SMILES string of the molecule is COc1c(I)cccc1CN1O[C@@H](CO)C([C@H](C)O)[C@H]1C(=O)N[C@H]1C[C@@H]2C[C@H]([C@@H]1C)C2(C)C. The van der Waals surface area contributed by atoms with Crippen molar-refractivity contribution in [2.75, 3.05) is 13.7 Å². The van der Waals surface area contributed by atoms with E-state index >= 15 is 0 Å². The fraction of sp³-hybridized carbons (Fsp3) is 0.720. The minimum Gasteiger partial charge on any atom is -0.495 e. The standard InChI is InChI=1S/C25H37IN2O5/c1-13-17-9-16(25(17,3)4)10-19(13)27-24(31)22-21(14(2)30)20(12-29)33-28(22)11-15-7-6-8-18(26)23(15)32-5/h6-8,13-14,16-17,19-22,29-30H,9-12H2,1-5H3,(H,27,31)/t13-,14-,16-,17+,19-,20-,21?,22-/m0/s1. The van der Waals surface area contributed by atoms with Gasteiger partial charge in [0.25, 0.3) is 0 Å². The molecule has 1 aliphatic heterocycles. The van der Waals surface area contributed by atoms with E-state index in [2.05, 4.69) is 48.7 Å². The van der Waals surface area contributed by atoms with Gasteiger partial charge in [0.15, 0.2) is 0 Å². The number of amides is 1. The Morgan fingerprint density at radius 2 is 2.12 bits per heavy atom. The van der Waals surface area contributed by atoms with E-state index in [1.54, 1.807) is 19.1 Å². The molecule has 0 radical (unpaired) electrons. The van der Waals surface area contributed by atoms with Crippen molar-refractivity contribution in [3.05, 3.63) is 27.3 Å². The number of ether oxygens (including phenoxy) is 1. The van der Waals surface area contributed by atoms with Crippen LogP contribution in [0.4, 0.5) is 0 Å². The van der Waals surface area contributed by atoms with Gasteiger partial charge in [0.2, 0.25) is 5.91 Å². The van der Waals surface area contributed by atoms with Crippen LogP contribution in [-0.4, -0.2) is 59.2 Å². The van der Waals surface area contributed by atoms with Crippen LogP contribution in [0.2, 0.25) is 0 Å². The zero-order valence-electron chi connectivity index (χ0n) is 20.1. The number of aliphatic hydroxyl groups is 2. The van der Waals surface area contributed by atoms with Gasteiger partial charge >= 0.3 is 0 Å². The highest BCUT2D eigenvalue weighted by molar-refractivity contribution is 14.1. The van der Waals surface area contributed by atoms with E-state index in [4.69, 9.17) is 9.57 Å². The van der Waals surface area contributed by atoms with Gasteiger partial charge in [-0.2, -0.15) is 5.06 Å². The van der Waals surface area contributed by atoms with Gasteiger partial charge in [-0.05, 0) is 71.6 Å². The Morgan fingerprint density at radius 1 is 1.39 bits per heavy atom. The van der Waals surface area contributed by atoms with Gasteiger partial charge in [-0.25, -0.2) is 0 Å². The lowest BCUT2D eigenvalue weighted by atomic mass is 9.45. The molecule has 1 saturated heterocycles. The second-order valence-electron chi connectivity index (χ2n) is 10.7. The van der Waals surface area contributed by atoms with Crippen LogP contribution >= 0.6 is 22.6 Å². The van der Waals surface area contributed by atoms with Crippen molar-refractivity contribution < 1.29 is 24.6 Å². The number of halogens is 1. The van der Waals surface area contributed by atoms with E-state index in [9.17, 15) is 15.0 Å². The van der Waals surface area contributed by atoms with Crippen LogP contribution in [0.15, 0.2) is 18.2 Å². The third-order valence-electron chi connectivity index (χ3n) is 8.64. The first-order valence-corrected chi connectivity index (χ1v) is 13.0. The molecule has 7 nitrogen and oxygen atoms in total. The number of carbonyl (C=O) groups is 1. The van der Waals surface area contributed by atoms with Gasteiger partial charge < -0.3 is 20.3 Å². The second-order valence-corrected chi connectivity index (χ2v) is 11.8. The van der Waals surface area contributed by atoms with Crippen LogP contribution < -0.4 is 10.1 Å². The number of nitrogens with one attached hydrogen (secondary N) is 1. The molecule has 184 valence electrons. The van der Waals surface area contributed by atoms with E-state index in [-0.39, 0.29) is 18.6 Å². The quantitative estimate of drug-likeness (QED) is 0.436. The lowest BCUT2D eigenvalue weighted by Crippen LogP contribution is -2.62. The van der Waals surface area contributed by atoms with Gasteiger partial charge in [0.05, 0.1) is 29.9 Å². The van der Waals surface area contributed by atoms with Gasteiger partial charge in [-0.1, -0.05) is 32.9 Å². The van der Waals surface area contributed by atoms with E-state index in [0.29, 0.717) is 29.7 Å². The summed E-state index contributed by atoms with van der Waals surface area (Å²) in [4.78, 5) is 19.7. The maximum atomic E-state index is 13.7. The average molecular weight is 572 g/mol. The summed E-state index contributed by atoms with van der Waals surface area (Å²) in [6, 6.07) is 5.26. The van der Waals surface area contributed by atoms with Crippen LogP contribution in [0.5, 0.6) is 5.75 Å². The number of carbonyl (C=O) groups excluding carboxylic acids is 1. The molecule has 0 spiro atoms. The third-order valence-corrected chi connectivity index (χ3v) is 9.49. The summed E-state index contributed by atoms with van der Waals surface area (Å²) in [6.07, 6.45) is 0.772. The van der Waals surface area contributed by atoms with Gasteiger partial charge in [0.1, 0.15) is 17.9 Å². The van der Waals surface area contributed by atoms with Crippen molar-refractivity contribution in [1.82, 2.24) is 10.4 Å². The number of aliphatic hydroxyl groups excluding tert-OH is 2. The molecular weight excluding hydrogens is 535 g/mol. The molecule has 4 fully saturated rings. The number of fused-ring (bicyclic) bond motifs is 2. The third kappa shape index (κ3) is 4.42. The van der Waals surface area contributed by atoms with Crippen LogP contribution in [0.25, 0.3) is 0 Å². The molecule has 1 aromatic carbocycles. The van der Waals surface area contributed by atoms with E-state index < -0.39 is 24.2 Å². The Morgan fingerprint density at radius 3 is 2.70 bits per heavy atom. The molecule has 4 aliphatic rings. The summed E-state index contributed by atoms with van der Waals surface area (Å²) < 4.78 is 6.56. The average Bonchev–Trinajstić information content (AvgIpc) is 3.13. The van der Waals surface area contributed by atoms with Crippen LogP contribution in [0, 0.1) is 32.7 Å². The summed E-state index contributed by atoms with van der Waals surface area (Å²) >= 11 is 2.22. The molecule has 0 aromatic heterocycles. The zero-order chi connectivity index (χ0) is 24.1. The lowest BCUT2D eigenvalue weighted by molar-refractivity contribution is -0.183. The lowest BCUT2D eigenvalue weighted by Gasteiger charge is -2.62. The Labute approximate surface area is 210 Å². The molecule has 8 heteroatoms. The Balaban J connectivity index is 1.57. The number of hydroxylamine groups is 2. The summed E-state index contributed by atoms with van der Waals surface area (Å²) in [5.74, 6) is 1.72. The van der Waals surface area contributed by atoms with E-state index in [1.807, 2.05) is 18.2 Å². The molecule has 3 aliphatic carbocycles. The van der Waals surface area contributed by atoms with Crippen molar-refractivity contribution in [2.24, 2.45) is 29.1 Å². The Bertz CT molecular complexity index is 878. The van der Waals surface area contributed by atoms with Crippen LogP contribution in [0.3, 0.4) is 0 Å². The molecule has 1 aromatic rings. The number of nitrogens with zero attached hydrogens (tertiary/aromatic N) is 1. The van der Waals surface area contributed by atoms with Gasteiger partial charge in [0, 0.05) is 17.5 Å². The number of methoxy groups -OCH3 is 1. The monoisotopic (exact) mass is 572 g/mol. The topological polar surface area (TPSA) is 91.3 Å². The van der Waals surface area contributed by atoms with Gasteiger partial charge in [-0.15, -0.1) is 0 Å². The molecule has 1 heterocycles. The first kappa shape index (κ1) is 25.2. The molecule has 5 rings (SSSR count). The second kappa shape index (κ2) is 9.60. The summed E-state index contributed by atoms with van der Waals surface area (Å²) in [6.45, 7) is 8.64. The zero-order valence-corrected chi connectivity index (χ0v) is 22.3. The highest BCUT2D eigenvalue weighted by atomic mass is 127. The number of rotatable bonds is 7. The first-order valence-electron chi connectivity index (χ1n) is 11.9. The fourth-order valence-corrected chi connectivity index (χ4v) is 7.33. The number of benzene rings is 1. The summed E-state index contributed by atoms with van der Waals surface area (Å²) in [5.41, 5.74) is 1.23. The largest absolute Gasteiger partial charge is 0.495 e. The van der Waals surface area contributed by atoms with Crippen molar-refractivity contribution in [3.8, 4) is 5.75 Å². The van der Waals surface area contributed by atoms with Crippen molar-refractivity contribution in [1.29, 1.82) is 0 Å². The number of para-hydroxylation sites is 1. The predicted molar refractivity (Wildman–Crippen MR) is 133 cm³/mol.